The molecule has 0 aliphatic heterocycles. The van der Waals surface area contributed by atoms with Crippen molar-refractivity contribution in [2.75, 3.05) is 11.9 Å². The maximum Gasteiger partial charge on any atom is 0.411 e. The van der Waals surface area contributed by atoms with Crippen LogP contribution in [0.2, 0.25) is 0 Å². The molecule has 4 heteroatoms. The largest absolute Gasteiger partial charge is 0.489 e. The number of carbonyl (C=O) groups excluding carboxylic acids is 1. The fourth-order valence-corrected chi connectivity index (χ4v) is 3.01. The zero-order chi connectivity index (χ0) is 17.8. The summed E-state index contributed by atoms with van der Waals surface area (Å²) in [7, 11) is 0. The van der Waals surface area contributed by atoms with Crippen LogP contribution in [0.5, 0.6) is 5.75 Å². The fraction of sp³-hybridized carbons (Fsp3) is 0.381. The molecule has 0 spiro atoms. The van der Waals surface area contributed by atoms with Crippen LogP contribution in [0.25, 0.3) is 0 Å². The number of amides is 1. The normalized spacial score (nSPS) is 13.4. The lowest BCUT2D eigenvalue weighted by atomic mass is 10.0. The Labute approximate surface area is 149 Å². The van der Waals surface area contributed by atoms with Crippen LogP contribution in [-0.2, 0) is 11.3 Å². The van der Waals surface area contributed by atoms with Gasteiger partial charge < -0.3 is 9.47 Å². The average molecular weight is 339 g/mol. The van der Waals surface area contributed by atoms with E-state index in [-0.39, 0.29) is 0 Å². The number of benzene rings is 2. The molecule has 4 nitrogen and oxygen atoms in total. The third-order valence-electron chi connectivity index (χ3n) is 4.42. The Balaban J connectivity index is 1.82. The van der Waals surface area contributed by atoms with Gasteiger partial charge in [-0.3, -0.25) is 5.32 Å². The van der Waals surface area contributed by atoms with Crippen LogP contribution in [0.15, 0.2) is 36.4 Å². The van der Waals surface area contributed by atoms with E-state index in [0.717, 1.165) is 22.6 Å². The molecule has 1 aliphatic carbocycles. The summed E-state index contributed by atoms with van der Waals surface area (Å²) < 4.78 is 11.1. The maximum absolute atomic E-state index is 12.0. The van der Waals surface area contributed by atoms with Gasteiger partial charge in [0.1, 0.15) is 12.4 Å². The SMILES string of the molecule is CCOC(=O)Nc1c(COc2ccc(C)cc2C)cccc1C1CC1. The molecule has 132 valence electrons. The van der Waals surface area contributed by atoms with Gasteiger partial charge in [-0.15, -0.1) is 0 Å². The van der Waals surface area contributed by atoms with Gasteiger partial charge in [-0.2, -0.15) is 0 Å². The summed E-state index contributed by atoms with van der Waals surface area (Å²) in [6, 6.07) is 12.3. The molecule has 0 saturated heterocycles. The number of anilines is 1. The molecule has 25 heavy (non-hydrogen) atoms. The van der Waals surface area contributed by atoms with Gasteiger partial charge in [-0.05, 0) is 56.7 Å². The lowest BCUT2D eigenvalue weighted by Crippen LogP contribution is -2.16. The maximum atomic E-state index is 12.0. The lowest BCUT2D eigenvalue weighted by Gasteiger charge is -2.17. The highest BCUT2D eigenvalue weighted by molar-refractivity contribution is 5.87. The summed E-state index contributed by atoms with van der Waals surface area (Å²) in [6.45, 7) is 6.67. The van der Waals surface area contributed by atoms with Crippen molar-refractivity contribution in [3.8, 4) is 5.75 Å². The summed E-state index contributed by atoms with van der Waals surface area (Å²) in [6.07, 6.45) is 1.92. The van der Waals surface area contributed by atoms with E-state index in [2.05, 4.69) is 24.4 Å². The predicted octanol–water partition coefficient (Wildman–Crippen LogP) is 5.33. The predicted molar refractivity (Wildman–Crippen MR) is 99.3 cm³/mol. The van der Waals surface area contributed by atoms with E-state index in [1.165, 1.54) is 24.0 Å². The first-order valence-corrected chi connectivity index (χ1v) is 8.84. The standard InChI is InChI=1S/C21H25NO3/c1-4-24-21(23)22-20-17(6-5-7-18(20)16-9-10-16)13-25-19-11-8-14(2)12-15(19)3/h5-8,11-12,16H,4,9-10,13H2,1-3H3,(H,22,23). The van der Waals surface area contributed by atoms with Crippen molar-refractivity contribution >= 4 is 11.8 Å². The number of hydrogen-bond donors (Lipinski definition) is 1. The molecule has 0 aromatic heterocycles. The van der Waals surface area contributed by atoms with Gasteiger partial charge in [0.15, 0.2) is 0 Å². The van der Waals surface area contributed by atoms with Gasteiger partial charge in [0.2, 0.25) is 0 Å². The van der Waals surface area contributed by atoms with Crippen LogP contribution < -0.4 is 10.1 Å². The third-order valence-corrected chi connectivity index (χ3v) is 4.42. The first-order chi connectivity index (χ1) is 12.1. The van der Waals surface area contributed by atoms with Crippen LogP contribution in [0.4, 0.5) is 10.5 Å². The van der Waals surface area contributed by atoms with Crippen LogP contribution in [-0.4, -0.2) is 12.7 Å². The Morgan fingerprint density at radius 2 is 2.00 bits per heavy atom. The molecule has 0 heterocycles. The van der Waals surface area contributed by atoms with Crippen molar-refractivity contribution < 1.29 is 14.3 Å². The zero-order valence-corrected chi connectivity index (χ0v) is 15.1. The number of carbonyl (C=O) groups is 1. The minimum atomic E-state index is -0.414. The van der Waals surface area contributed by atoms with Gasteiger partial charge in [0, 0.05) is 5.56 Å². The van der Waals surface area contributed by atoms with E-state index in [9.17, 15) is 4.79 Å². The summed E-state index contributed by atoms with van der Waals surface area (Å²) >= 11 is 0. The number of rotatable bonds is 6. The molecule has 1 N–H and O–H groups in total. The first-order valence-electron chi connectivity index (χ1n) is 8.84. The molecule has 0 radical (unpaired) electrons. The van der Waals surface area contributed by atoms with Crippen molar-refractivity contribution in [3.05, 3.63) is 58.7 Å². The van der Waals surface area contributed by atoms with Crippen molar-refractivity contribution in [3.63, 3.8) is 0 Å². The smallest absolute Gasteiger partial charge is 0.411 e. The lowest BCUT2D eigenvalue weighted by molar-refractivity contribution is 0.168. The van der Waals surface area contributed by atoms with Gasteiger partial charge in [0.25, 0.3) is 0 Å². The molecule has 2 aromatic carbocycles. The van der Waals surface area contributed by atoms with E-state index in [0.29, 0.717) is 19.1 Å². The molecule has 1 fully saturated rings. The number of hydrogen-bond acceptors (Lipinski definition) is 3. The number of ether oxygens (including phenoxy) is 2. The fourth-order valence-electron chi connectivity index (χ4n) is 3.01. The Morgan fingerprint density at radius 1 is 1.20 bits per heavy atom. The molecular formula is C21H25NO3. The number of para-hydroxylation sites is 1. The second kappa shape index (κ2) is 7.60. The quantitative estimate of drug-likeness (QED) is 0.774. The molecular weight excluding hydrogens is 314 g/mol. The molecule has 1 aliphatic rings. The molecule has 0 unspecified atom stereocenters. The molecule has 1 amide bonds. The highest BCUT2D eigenvalue weighted by Crippen LogP contribution is 2.44. The van der Waals surface area contributed by atoms with Crippen LogP contribution in [0.3, 0.4) is 0 Å². The average Bonchev–Trinajstić information content (AvgIpc) is 3.40. The Kier molecular flexibility index (Phi) is 5.27. The second-order valence-electron chi connectivity index (χ2n) is 6.56. The van der Waals surface area contributed by atoms with E-state index in [1.807, 2.05) is 31.2 Å². The van der Waals surface area contributed by atoms with Crippen molar-refractivity contribution in [1.82, 2.24) is 0 Å². The molecule has 0 atom stereocenters. The summed E-state index contributed by atoms with van der Waals surface area (Å²) in [5.41, 5.74) is 5.31. The van der Waals surface area contributed by atoms with Gasteiger partial charge in [-0.1, -0.05) is 35.9 Å². The first kappa shape index (κ1) is 17.3. The van der Waals surface area contributed by atoms with E-state index < -0.39 is 6.09 Å². The minimum absolute atomic E-state index is 0.353. The second-order valence-corrected chi connectivity index (χ2v) is 6.56. The number of nitrogens with one attached hydrogen (secondary N) is 1. The van der Waals surface area contributed by atoms with Crippen LogP contribution in [0, 0.1) is 13.8 Å². The van der Waals surface area contributed by atoms with Crippen molar-refractivity contribution in [2.45, 2.75) is 46.1 Å². The topological polar surface area (TPSA) is 47.6 Å². The van der Waals surface area contributed by atoms with E-state index in [4.69, 9.17) is 9.47 Å². The molecule has 3 rings (SSSR count). The Hall–Kier alpha value is -2.49. The van der Waals surface area contributed by atoms with Crippen molar-refractivity contribution in [1.29, 1.82) is 0 Å². The zero-order valence-electron chi connectivity index (χ0n) is 15.1. The monoisotopic (exact) mass is 339 g/mol. The highest BCUT2D eigenvalue weighted by Gasteiger charge is 2.28. The minimum Gasteiger partial charge on any atom is -0.489 e. The number of aryl methyl sites for hydroxylation is 2. The molecule has 0 bridgehead atoms. The summed E-state index contributed by atoms with van der Waals surface area (Å²) in [5, 5.41) is 2.92. The summed E-state index contributed by atoms with van der Waals surface area (Å²) in [4.78, 5) is 12.0. The third kappa shape index (κ3) is 4.32. The van der Waals surface area contributed by atoms with Crippen LogP contribution in [0.1, 0.15) is 47.9 Å². The summed E-state index contributed by atoms with van der Waals surface area (Å²) in [5.74, 6) is 1.39. The Morgan fingerprint density at radius 3 is 2.68 bits per heavy atom. The van der Waals surface area contributed by atoms with Gasteiger partial charge in [0.05, 0.1) is 12.3 Å². The Bertz CT molecular complexity index is 766. The molecule has 2 aromatic rings. The van der Waals surface area contributed by atoms with E-state index >= 15 is 0 Å². The van der Waals surface area contributed by atoms with E-state index in [1.54, 1.807) is 6.92 Å². The van der Waals surface area contributed by atoms with Gasteiger partial charge >= 0.3 is 6.09 Å². The van der Waals surface area contributed by atoms with Crippen molar-refractivity contribution in [2.24, 2.45) is 0 Å². The molecule has 1 saturated carbocycles. The highest BCUT2D eigenvalue weighted by atomic mass is 16.5. The van der Waals surface area contributed by atoms with Crippen LogP contribution >= 0.6 is 0 Å². The van der Waals surface area contributed by atoms with Gasteiger partial charge in [-0.25, -0.2) is 4.79 Å².